The van der Waals surface area contributed by atoms with Crippen LogP contribution in [0.3, 0.4) is 0 Å². The molecule has 1 heteroatoms. The van der Waals surface area contributed by atoms with Gasteiger partial charge in [-0.1, -0.05) is 20.3 Å². The fourth-order valence-corrected chi connectivity index (χ4v) is 2.19. The molecule has 0 saturated carbocycles. The van der Waals surface area contributed by atoms with E-state index in [0.29, 0.717) is 5.41 Å². The molecule has 0 spiro atoms. The second-order valence-corrected chi connectivity index (χ2v) is 4.18. The molecule has 0 amide bonds. The van der Waals surface area contributed by atoms with Crippen molar-refractivity contribution in [3.05, 3.63) is 0 Å². The minimum Gasteiger partial charge on any atom is -0.314 e. The van der Waals surface area contributed by atoms with Gasteiger partial charge in [0.1, 0.15) is 0 Å². The summed E-state index contributed by atoms with van der Waals surface area (Å²) in [5.74, 6) is 0. The summed E-state index contributed by atoms with van der Waals surface area (Å²) < 4.78 is 0. The molecule has 11 heavy (non-hydrogen) atoms. The topological polar surface area (TPSA) is 12.0 Å². The molecule has 1 unspecified atom stereocenters. The van der Waals surface area contributed by atoms with E-state index in [2.05, 4.69) is 26.1 Å². The molecule has 0 aromatic rings. The number of piperidine rings is 1. The van der Waals surface area contributed by atoms with Gasteiger partial charge in [-0.25, -0.2) is 0 Å². The van der Waals surface area contributed by atoms with Crippen LogP contribution in [-0.2, 0) is 0 Å². The van der Waals surface area contributed by atoms with Gasteiger partial charge in [-0.3, -0.25) is 0 Å². The molecule has 1 N–H and O–H groups in total. The lowest BCUT2D eigenvalue weighted by Crippen LogP contribution is -2.46. The van der Waals surface area contributed by atoms with Crippen LogP contribution in [0.2, 0.25) is 0 Å². The minimum absolute atomic E-state index is 0.576. The molecule has 1 aliphatic rings. The van der Waals surface area contributed by atoms with Crippen molar-refractivity contribution in [3.63, 3.8) is 0 Å². The summed E-state index contributed by atoms with van der Waals surface area (Å²) in [5.41, 5.74) is 0.576. The van der Waals surface area contributed by atoms with Crippen LogP contribution in [0.15, 0.2) is 0 Å². The van der Waals surface area contributed by atoms with E-state index >= 15 is 0 Å². The monoisotopic (exact) mass is 155 g/mol. The molecule has 66 valence electrons. The standard InChI is InChI=1S/C10H21N/c1-4-6-10(3)7-5-8-11-9(10)2/h9,11H,4-8H2,1-3H3/t9-,10?/m0/s1. The van der Waals surface area contributed by atoms with Crippen LogP contribution in [0.1, 0.15) is 46.5 Å². The first kappa shape index (κ1) is 9.05. The average molecular weight is 155 g/mol. The Morgan fingerprint density at radius 3 is 2.82 bits per heavy atom. The normalized spacial score (nSPS) is 39.0. The molecular formula is C10H21N. The summed E-state index contributed by atoms with van der Waals surface area (Å²) in [5, 5.41) is 3.56. The van der Waals surface area contributed by atoms with Gasteiger partial charge in [-0.05, 0) is 38.1 Å². The van der Waals surface area contributed by atoms with Gasteiger partial charge in [-0.2, -0.15) is 0 Å². The van der Waals surface area contributed by atoms with E-state index in [1.807, 2.05) is 0 Å². The molecule has 1 saturated heterocycles. The van der Waals surface area contributed by atoms with Crippen LogP contribution < -0.4 is 5.32 Å². The van der Waals surface area contributed by atoms with Crippen molar-refractivity contribution in [2.75, 3.05) is 6.54 Å². The molecule has 2 atom stereocenters. The van der Waals surface area contributed by atoms with Crippen LogP contribution in [0.5, 0.6) is 0 Å². The molecular weight excluding hydrogens is 134 g/mol. The van der Waals surface area contributed by atoms with E-state index in [9.17, 15) is 0 Å². The molecule has 1 aliphatic heterocycles. The molecule has 0 aliphatic carbocycles. The van der Waals surface area contributed by atoms with Gasteiger partial charge in [0, 0.05) is 6.04 Å². The van der Waals surface area contributed by atoms with E-state index in [4.69, 9.17) is 0 Å². The van der Waals surface area contributed by atoms with Gasteiger partial charge >= 0.3 is 0 Å². The number of nitrogens with one attached hydrogen (secondary N) is 1. The van der Waals surface area contributed by atoms with Crippen molar-refractivity contribution >= 4 is 0 Å². The van der Waals surface area contributed by atoms with Gasteiger partial charge in [0.15, 0.2) is 0 Å². The van der Waals surface area contributed by atoms with Crippen molar-refractivity contribution in [2.45, 2.75) is 52.5 Å². The van der Waals surface area contributed by atoms with E-state index in [0.717, 1.165) is 6.04 Å². The first-order valence-corrected chi connectivity index (χ1v) is 4.92. The van der Waals surface area contributed by atoms with Crippen LogP contribution in [-0.4, -0.2) is 12.6 Å². The fourth-order valence-electron chi connectivity index (χ4n) is 2.19. The third kappa shape index (κ3) is 1.96. The zero-order chi connectivity index (χ0) is 8.32. The molecule has 0 bridgehead atoms. The number of rotatable bonds is 2. The maximum absolute atomic E-state index is 3.56. The highest BCUT2D eigenvalue weighted by Gasteiger charge is 2.31. The van der Waals surface area contributed by atoms with E-state index in [1.54, 1.807) is 0 Å². The Balaban J connectivity index is 2.49. The minimum atomic E-state index is 0.576. The maximum Gasteiger partial charge on any atom is 0.00925 e. The Morgan fingerprint density at radius 1 is 1.55 bits per heavy atom. The Morgan fingerprint density at radius 2 is 2.27 bits per heavy atom. The quantitative estimate of drug-likeness (QED) is 0.646. The Kier molecular flexibility index (Phi) is 2.94. The highest BCUT2D eigenvalue weighted by atomic mass is 14.9. The third-order valence-electron chi connectivity index (χ3n) is 3.24. The van der Waals surface area contributed by atoms with Crippen molar-refractivity contribution in [2.24, 2.45) is 5.41 Å². The lowest BCUT2D eigenvalue weighted by molar-refractivity contribution is 0.153. The van der Waals surface area contributed by atoms with Gasteiger partial charge in [0.25, 0.3) is 0 Å². The van der Waals surface area contributed by atoms with Crippen molar-refractivity contribution in [1.29, 1.82) is 0 Å². The Hall–Kier alpha value is -0.0400. The van der Waals surface area contributed by atoms with Crippen LogP contribution in [0, 0.1) is 5.41 Å². The van der Waals surface area contributed by atoms with Gasteiger partial charge < -0.3 is 5.32 Å². The molecule has 1 heterocycles. The first-order chi connectivity index (χ1) is 5.19. The van der Waals surface area contributed by atoms with Crippen molar-refractivity contribution < 1.29 is 0 Å². The van der Waals surface area contributed by atoms with Crippen molar-refractivity contribution in [1.82, 2.24) is 5.32 Å². The zero-order valence-corrected chi connectivity index (χ0v) is 8.11. The summed E-state index contributed by atoms with van der Waals surface area (Å²) in [4.78, 5) is 0. The summed E-state index contributed by atoms with van der Waals surface area (Å²) in [6, 6.07) is 0.719. The molecule has 1 nitrogen and oxygen atoms in total. The summed E-state index contributed by atoms with van der Waals surface area (Å²) >= 11 is 0. The Bertz CT molecular complexity index is 118. The van der Waals surface area contributed by atoms with Crippen LogP contribution in [0.4, 0.5) is 0 Å². The molecule has 1 rings (SSSR count). The second-order valence-electron chi connectivity index (χ2n) is 4.18. The van der Waals surface area contributed by atoms with Crippen LogP contribution in [0.25, 0.3) is 0 Å². The van der Waals surface area contributed by atoms with Crippen molar-refractivity contribution in [3.8, 4) is 0 Å². The SMILES string of the molecule is CCCC1(C)CCCN[C@H]1C. The second kappa shape index (κ2) is 3.57. The fraction of sp³-hybridized carbons (Fsp3) is 1.00. The average Bonchev–Trinajstić information content (AvgIpc) is 1.96. The first-order valence-electron chi connectivity index (χ1n) is 4.92. The summed E-state index contributed by atoms with van der Waals surface area (Å²) in [6.45, 7) is 8.26. The number of hydrogen-bond acceptors (Lipinski definition) is 1. The lowest BCUT2D eigenvalue weighted by atomic mass is 9.73. The molecule has 0 aromatic heterocycles. The van der Waals surface area contributed by atoms with E-state index in [1.165, 1.54) is 32.2 Å². The molecule has 1 fully saturated rings. The smallest absolute Gasteiger partial charge is 0.00925 e. The predicted molar refractivity (Wildman–Crippen MR) is 49.7 cm³/mol. The number of hydrogen-bond donors (Lipinski definition) is 1. The van der Waals surface area contributed by atoms with E-state index in [-0.39, 0.29) is 0 Å². The zero-order valence-electron chi connectivity index (χ0n) is 8.11. The maximum atomic E-state index is 3.56. The molecule has 0 radical (unpaired) electrons. The van der Waals surface area contributed by atoms with Gasteiger partial charge in [0.05, 0.1) is 0 Å². The largest absolute Gasteiger partial charge is 0.314 e. The highest BCUT2D eigenvalue weighted by molar-refractivity contribution is 4.87. The van der Waals surface area contributed by atoms with Gasteiger partial charge in [-0.15, -0.1) is 0 Å². The van der Waals surface area contributed by atoms with E-state index < -0.39 is 0 Å². The lowest BCUT2D eigenvalue weighted by Gasteiger charge is -2.40. The molecule has 0 aromatic carbocycles. The highest BCUT2D eigenvalue weighted by Crippen LogP contribution is 2.35. The Labute approximate surface area is 70.6 Å². The predicted octanol–water partition coefficient (Wildman–Crippen LogP) is 2.56. The third-order valence-corrected chi connectivity index (χ3v) is 3.24. The summed E-state index contributed by atoms with van der Waals surface area (Å²) in [7, 11) is 0. The summed E-state index contributed by atoms with van der Waals surface area (Å²) in [6.07, 6.45) is 5.47. The van der Waals surface area contributed by atoms with Gasteiger partial charge in [0.2, 0.25) is 0 Å². The van der Waals surface area contributed by atoms with Crippen LogP contribution >= 0.6 is 0 Å².